The zero-order valence-electron chi connectivity index (χ0n) is 16.6. The maximum atomic E-state index is 11.9. The molecular formula is C23H31NO3. The summed E-state index contributed by atoms with van der Waals surface area (Å²) < 4.78 is 5.13. The largest absolute Gasteiger partial charge is 0.466 e. The number of nitrogens with zero attached hydrogens (tertiary/aromatic N) is 1. The second-order valence-corrected chi connectivity index (χ2v) is 7.60. The van der Waals surface area contributed by atoms with Gasteiger partial charge < -0.3 is 9.84 Å². The number of esters is 1. The summed E-state index contributed by atoms with van der Waals surface area (Å²) in [6.45, 7) is 6.19. The van der Waals surface area contributed by atoms with Gasteiger partial charge >= 0.3 is 5.97 Å². The lowest BCUT2D eigenvalue weighted by Gasteiger charge is -2.21. The van der Waals surface area contributed by atoms with Crippen LogP contribution in [0.2, 0.25) is 0 Å². The highest BCUT2D eigenvalue weighted by Crippen LogP contribution is 2.26. The quantitative estimate of drug-likeness (QED) is 0.480. The third-order valence-electron chi connectivity index (χ3n) is 4.89. The highest BCUT2D eigenvalue weighted by Gasteiger charge is 2.28. The molecule has 0 aliphatic heterocycles. The van der Waals surface area contributed by atoms with Gasteiger partial charge in [-0.05, 0) is 57.2 Å². The van der Waals surface area contributed by atoms with Crippen LogP contribution in [-0.4, -0.2) is 22.7 Å². The smallest absolute Gasteiger partial charge is 0.311 e. The number of unbranched alkanes of at least 4 members (excludes halogenated alkanes) is 2. The van der Waals surface area contributed by atoms with Crippen LogP contribution in [0.5, 0.6) is 0 Å². The van der Waals surface area contributed by atoms with Crippen molar-refractivity contribution >= 4 is 5.97 Å². The van der Waals surface area contributed by atoms with E-state index in [1.807, 2.05) is 45.0 Å². The van der Waals surface area contributed by atoms with Gasteiger partial charge in [0.15, 0.2) is 0 Å². The fourth-order valence-corrected chi connectivity index (χ4v) is 3.10. The van der Waals surface area contributed by atoms with Gasteiger partial charge in [-0.2, -0.15) is 0 Å². The highest BCUT2D eigenvalue weighted by atomic mass is 16.5. The van der Waals surface area contributed by atoms with Crippen molar-refractivity contribution in [3.8, 4) is 0 Å². The summed E-state index contributed by atoms with van der Waals surface area (Å²) in [5.41, 5.74) is 2.54. The van der Waals surface area contributed by atoms with Gasteiger partial charge in [0, 0.05) is 18.0 Å². The average molecular weight is 370 g/mol. The first-order valence-corrected chi connectivity index (χ1v) is 9.78. The number of aliphatic hydroxyl groups excluding tert-OH is 1. The first kappa shape index (κ1) is 21.1. The van der Waals surface area contributed by atoms with Gasteiger partial charge in [-0.3, -0.25) is 9.78 Å². The zero-order chi connectivity index (χ0) is 19.7. The van der Waals surface area contributed by atoms with Crippen LogP contribution in [0.4, 0.5) is 0 Å². The molecule has 0 spiro atoms. The number of ether oxygens (including phenoxy) is 1. The predicted octanol–water partition coefficient (Wildman–Crippen LogP) is 4.86. The minimum absolute atomic E-state index is 0.104. The Morgan fingerprint density at radius 2 is 1.85 bits per heavy atom. The Labute approximate surface area is 162 Å². The van der Waals surface area contributed by atoms with E-state index < -0.39 is 11.5 Å². The molecule has 2 rings (SSSR count). The summed E-state index contributed by atoms with van der Waals surface area (Å²) in [5, 5.41) is 10.4. The van der Waals surface area contributed by atoms with Gasteiger partial charge in [-0.15, -0.1) is 0 Å². The van der Waals surface area contributed by atoms with E-state index in [4.69, 9.17) is 4.74 Å². The number of aliphatic hydroxyl groups is 1. The van der Waals surface area contributed by atoms with Crippen LogP contribution >= 0.6 is 0 Å². The summed E-state index contributed by atoms with van der Waals surface area (Å²) in [5.74, 6) is -0.104. The lowest BCUT2D eigenvalue weighted by molar-refractivity contribution is -0.153. The molecule has 0 aliphatic rings. The fraction of sp³-hybridized carbons (Fsp3) is 0.478. The Bertz CT molecular complexity index is 695. The lowest BCUT2D eigenvalue weighted by Crippen LogP contribution is -2.26. The summed E-state index contributed by atoms with van der Waals surface area (Å²) in [7, 11) is 0. The second-order valence-electron chi connectivity index (χ2n) is 7.60. The molecule has 2 aromatic rings. The van der Waals surface area contributed by atoms with Crippen molar-refractivity contribution in [2.75, 3.05) is 6.61 Å². The maximum Gasteiger partial charge on any atom is 0.311 e. The summed E-state index contributed by atoms with van der Waals surface area (Å²) in [6, 6.07) is 11.8. The number of aromatic nitrogens is 1. The number of carbonyl (C=O) groups excluding carboxylic acids is 1. The van der Waals surface area contributed by atoms with Gasteiger partial charge in [0.25, 0.3) is 0 Å². The molecule has 4 nitrogen and oxygen atoms in total. The summed E-state index contributed by atoms with van der Waals surface area (Å²) >= 11 is 0. The topological polar surface area (TPSA) is 59.4 Å². The van der Waals surface area contributed by atoms with Crippen molar-refractivity contribution in [3.63, 3.8) is 0 Å². The second kappa shape index (κ2) is 10.2. The van der Waals surface area contributed by atoms with Gasteiger partial charge in [0.05, 0.1) is 12.0 Å². The number of rotatable bonds is 10. The highest BCUT2D eigenvalue weighted by molar-refractivity contribution is 5.75. The molecule has 1 aromatic carbocycles. The van der Waals surface area contributed by atoms with E-state index in [2.05, 4.69) is 17.1 Å². The molecule has 0 fully saturated rings. The Balaban J connectivity index is 1.75. The number of hydrogen-bond acceptors (Lipinski definition) is 4. The van der Waals surface area contributed by atoms with E-state index in [0.717, 1.165) is 43.2 Å². The van der Waals surface area contributed by atoms with Gasteiger partial charge in [0.2, 0.25) is 0 Å². The number of pyridine rings is 1. The van der Waals surface area contributed by atoms with Crippen LogP contribution < -0.4 is 0 Å². The third kappa shape index (κ3) is 6.47. The fourth-order valence-electron chi connectivity index (χ4n) is 3.10. The van der Waals surface area contributed by atoms with Gasteiger partial charge in [-0.1, -0.05) is 43.2 Å². The molecule has 4 heteroatoms. The minimum atomic E-state index is -0.641. The normalized spacial score (nSPS) is 12.6. The van der Waals surface area contributed by atoms with Crippen molar-refractivity contribution in [2.24, 2.45) is 5.41 Å². The molecule has 0 bridgehead atoms. The van der Waals surface area contributed by atoms with Gasteiger partial charge in [0.1, 0.15) is 6.10 Å². The van der Waals surface area contributed by atoms with Crippen LogP contribution in [0.3, 0.4) is 0 Å². The van der Waals surface area contributed by atoms with E-state index in [1.54, 1.807) is 12.4 Å². The molecule has 0 amide bonds. The van der Waals surface area contributed by atoms with Crippen molar-refractivity contribution in [3.05, 3.63) is 65.5 Å². The predicted molar refractivity (Wildman–Crippen MR) is 107 cm³/mol. The molecule has 0 aliphatic carbocycles. The zero-order valence-corrected chi connectivity index (χ0v) is 16.6. The van der Waals surface area contributed by atoms with E-state index >= 15 is 0 Å². The van der Waals surface area contributed by atoms with Crippen LogP contribution in [0.1, 0.15) is 69.2 Å². The van der Waals surface area contributed by atoms with Crippen LogP contribution in [0.25, 0.3) is 0 Å². The molecule has 1 aromatic heterocycles. The summed E-state index contributed by atoms with van der Waals surface area (Å²) in [6.07, 6.45) is 7.79. The van der Waals surface area contributed by atoms with E-state index in [9.17, 15) is 9.90 Å². The maximum absolute atomic E-state index is 11.9. The molecule has 1 atom stereocenters. The van der Waals surface area contributed by atoms with Crippen molar-refractivity contribution in [1.29, 1.82) is 0 Å². The molecule has 1 heterocycles. The van der Waals surface area contributed by atoms with Crippen molar-refractivity contribution in [1.82, 2.24) is 4.98 Å². The van der Waals surface area contributed by atoms with Crippen LogP contribution in [0, 0.1) is 5.41 Å². The number of benzene rings is 1. The SMILES string of the molecule is CCOC(=O)C(C)(C)CCCCCc1ccc(C(O)c2cccnc2)cc1. The van der Waals surface area contributed by atoms with E-state index in [0.29, 0.717) is 6.61 Å². The molecule has 0 saturated heterocycles. The summed E-state index contributed by atoms with van der Waals surface area (Å²) in [4.78, 5) is 15.9. The molecule has 0 saturated carbocycles. The van der Waals surface area contributed by atoms with E-state index in [-0.39, 0.29) is 5.97 Å². The van der Waals surface area contributed by atoms with E-state index in [1.165, 1.54) is 5.56 Å². The number of aryl methyl sites for hydroxylation is 1. The van der Waals surface area contributed by atoms with Gasteiger partial charge in [-0.25, -0.2) is 0 Å². The first-order chi connectivity index (χ1) is 12.9. The van der Waals surface area contributed by atoms with Crippen LogP contribution in [0.15, 0.2) is 48.8 Å². The Morgan fingerprint density at radius 3 is 2.48 bits per heavy atom. The Morgan fingerprint density at radius 1 is 1.11 bits per heavy atom. The van der Waals surface area contributed by atoms with Crippen molar-refractivity contribution < 1.29 is 14.6 Å². The molecular weight excluding hydrogens is 338 g/mol. The Hall–Kier alpha value is -2.20. The average Bonchev–Trinajstić information content (AvgIpc) is 2.68. The number of carbonyl (C=O) groups is 1. The molecule has 1 N–H and O–H groups in total. The van der Waals surface area contributed by atoms with Crippen molar-refractivity contribution in [2.45, 2.75) is 59.0 Å². The number of hydrogen-bond donors (Lipinski definition) is 1. The third-order valence-corrected chi connectivity index (χ3v) is 4.89. The van der Waals surface area contributed by atoms with Crippen LogP contribution in [-0.2, 0) is 16.0 Å². The lowest BCUT2D eigenvalue weighted by atomic mass is 9.87. The molecule has 27 heavy (non-hydrogen) atoms. The minimum Gasteiger partial charge on any atom is -0.466 e. The Kier molecular flexibility index (Phi) is 7.99. The monoisotopic (exact) mass is 369 g/mol. The molecule has 0 radical (unpaired) electrons. The standard InChI is InChI=1S/C23H31NO3/c1-4-27-22(26)23(2,3)15-7-5-6-9-18-11-13-19(14-12-18)21(25)20-10-8-16-24-17-20/h8,10-14,16-17,21,25H,4-7,9,15H2,1-3H3. The first-order valence-electron chi connectivity index (χ1n) is 9.78. The molecule has 1 unspecified atom stereocenters. The molecule has 146 valence electrons.